The second-order valence-electron chi connectivity index (χ2n) is 8.26. The second-order valence-corrected chi connectivity index (χ2v) is 10.3. The number of carbonyl (C=O) groups excluding carboxylic acids is 1. The summed E-state index contributed by atoms with van der Waals surface area (Å²) in [6.07, 6.45) is 7.89. The maximum atomic E-state index is 12.9. The number of nitrogens with zero attached hydrogens (tertiary/aromatic N) is 1. The van der Waals surface area contributed by atoms with Crippen molar-refractivity contribution in [2.75, 3.05) is 16.9 Å². The fourth-order valence-electron chi connectivity index (χ4n) is 4.63. The summed E-state index contributed by atoms with van der Waals surface area (Å²) in [6, 6.07) is 4.92. The maximum Gasteiger partial charge on any atom is 0.274 e. The van der Waals surface area contributed by atoms with Gasteiger partial charge >= 0.3 is 0 Å². The number of aromatic amines is 1. The highest BCUT2D eigenvalue weighted by Gasteiger charge is 2.45. The summed E-state index contributed by atoms with van der Waals surface area (Å²) in [5.74, 6) is -0.128. The first kappa shape index (κ1) is 18.9. The Labute approximate surface area is 173 Å². The summed E-state index contributed by atoms with van der Waals surface area (Å²) < 4.78 is 26.2. The minimum absolute atomic E-state index is 0.110. The van der Waals surface area contributed by atoms with Gasteiger partial charge < -0.3 is 20.2 Å². The molecule has 2 aliphatic rings. The molecule has 8 nitrogen and oxygen atoms in total. The molecule has 3 heterocycles. The molecule has 5 rings (SSSR count). The predicted octanol–water partition coefficient (Wildman–Crippen LogP) is 2.61. The molecule has 0 atom stereocenters. The summed E-state index contributed by atoms with van der Waals surface area (Å²) in [7, 11) is -1.87. The Morgan fingerprint density at radius 1 is 1.10 bits per heavy atom. The van der Waals surface area contributed by atoms with Crippen molar-refractivity contribution in [3.05, 3.63) is 40.9 Å². The lowest BCUT2D eigenvalue weighted by Crippen LogP contribution is -2.50. The third kappa shape index (κ3) is 2.68. The number of nitrogens with one attached hydrogen (secondary N) is 3. The Hall–Kier alpha value is -3.07. The second kappa shape index (κ2) is 6.21. The summed E-state index contributed by atoms with van der Waals surface area (Å²) >= 11 is 0. The van der Waals surface area contributed by atoms with Gasteiger partial charge in [-0.15, -0.1) is 0 Å². The van der Waals surface area contributed by atoms with Crippen LogP contribution in [0, 0.1) is 0 Å². The molecule has 1 saturated carbocycles. The summed E-state index contributed by atoms with van der Waals surface area (Å²) in [5, 5.41) is 7.09. The lowest BCUT2D eigenvalue weighted by molar-refractivity contribution is -0.120. The number of sulfone groups is 1. The number of anilines is 2. The van der Waals surface area contributed by atoms with Gasteiger partial charge in [0.1, 0.15) is 11.1 Å². The summed E-state index contributed by atoms with van der Waals surface area (Å²) in [6.45, 7) is 0. The highest BCUT2D eigenvalue weighted by atomic mass is 32.2. The number of amides is 1. The molecule has 0 bridgehead atoms. The highest BCUT2D eigenvalue weighted by Crippen LogP contribution is 2.46. The number of H-pyrrole nitrogens is 1. The number of fused-ring (bicyclic) bond motifs is 2. The van der Waals surface area contributed by atoms with E-state index in [2.05, 4.69) is 15.6 Å². The zero-order chi connectivity index (χ0) is 21.3. The smallest absolute Gasteiger partial charge is 0.274 e. The first-order valence-electron chi connectivity index (χ1n) is 9.84. The molecule has 0 radical (unpaired) electrons. The Morgan fingerprint density at radius 3 is 2.53 bits per heavy atom. The number of hydrogen-bond acceptors (Lipinski definition) is 5. The monoisotopic (exact) mass is 426 g/mol. The molecule has 2 aromatic heterocycles. The van der Waals surface area contributed by atoms with Crippen LogP contribution in [0.4, 0.5) is 11.4 Å². The summed E-state index contributed by atoms with van der Waals surface area (Å²) in [4.78, 5) is 28.5. The molecule has 1 amide bonds. The quantitative estimate of drug-likeness (QED) is 0.583. The molecule has 9 heteroatoms. The van der Waals surface area contributed by atoms with Gasteiger partial charge in [0.05, 0.1) is 16.3 Å². The van der Waals surface area contributed by atoms with E-state index in [0.717, 1.165) is 31.9 Å². The minimum Gasteiger partial charge on any atom is -0.369 e. The zero-order valence-corrected chi connectivity index (χ0v) is 17.5. The van der Waals surface area contributed by atoms with Crippen molar-refractivity contribution >= 4 is 38.0 Å². The largest absolute Gasteiger partial charge is 0.369 e. The summed E-state index contributed by atoms with van der Waals surface area (Å²) in [5.41, 5.74) is 2.07. The van der Waals surface area contributed by atoms with Gasteiger partial charge in [0.15, 0.2) is 9.84 Å². The van der Waals surface area contributed by atoms with Gasteiger partial charge in [-0.1, -0.05) is 12.8 Å². The fraction of sp³-hybridized carbons (Fsp3) is 0.333. The molecule has 1 spiro atoms. The van der Waals surface area contributed by atoms with Crippen molar-refractivity contribution in [1.82, 2.24) is 9.55 Å². The zero-order valence-electron chi connectivity index (χ0n) is 16.7. The van der Waals surface area contributed by atoms with E-state index in [1.165, 1.54) is 10.6 Å². The Kier molecular flexibility index (Phi) is 3.92. The van der Waals surface area contributed by atoms with E-state index in [9.17, 15) is 18.0 Å². The van der Waals surface area contributed by atoms with E-state index < -0.39 is 15.4 Å². The normalized spacial score (nSPS) is 17.7. The lowest BCUT2D eigenvalue weighted by Gasteiger charge is -2.37. The number of rotatable bonds is 2. The van der Waals surface area contributed by atoms with E-state index >= 15 is 0 Å². The lowest BCUT2D eigenvalue weighted by atomic mass is 9.90. The standard InChI is InChI=1S/C21H22N4O4S/c1-25-11-15(13-5-8-22-18(13)19(25)26)14-9-12(30(2,28)29)10-16-17(14)24-21(20(27)23-16)6-3-4-7-21/h5,8-11,22,24H,3-4,6-7H2,1-2H3,(H,23,27). The van der Waals surface area contributed by atoms with Crippen LogP contribution >= 0.6 is 0 Å². The number of aromatic nitrogens is 2. The van der Waals surface area contributed by atoms with Gasteiger partial charge in [-0.05, 0) is 31.0 Å². The van der Waals surface area contributed by atoms with Crippen molar-refractivity contribution in [3.8, 4) is 11.1 Å². The highest BCUT2D eigenvalue weighted by molar-refractivity contribution is 7.90. The predicted molar refractivity (Wildman–Crippen MR) is 116 cm³/mol. The molecular formula is C21H22N4O4S. The average molecular weight is 426 g/mol. The molecule has 3 N–H and O–H groups in total. The van der Waals surface area contributed by atoms with Crippen LogP contribution in [0.2, 0.25) is 0 Å². The van der Waals surface area contributed by atoms with Gasteiger partial charge in [-0.3, -0.25) is 9.59 Å². The van der Waals surface area contributed by atoms with Crippen molar-refractivity contribution in [2.45, 2.75) is 36.1 Å². The van der Waals surface area contributed by atoms with Crippen LogP contribution in [-0.4, -0.2) is 35.7 Å². The molecular weight excluding hydrogens is 404 g/mol. The van der Waals surface area contributed by atoms with E-state index in [1.807, 2.05) is 0 Å². The van der Waals surface area contributed by atoms with Gasteiger partial charge in [0.2, 0.25) is 5.91 Å². The molecule has 1 aliphatic carbocycles. The molecule has 1 aliphatic heterocycles. The maximum absolute atomic E-state index is 12.9. The van der Waals surface area contributed by atoms with Gasteiger partial charge in [0.25, 0.3) is 5.56 Å². The number of aryl methyl sites for hydroxylation is 1. The van der Waals surface area contributed by atoms with E-state index in [0.29, 0.717) is 33.4 Å². The van der Waals surface area contributed by atoms with E-state index in [4.69, 9.17) is 0 Å². The third-order valence-electron chi connectivity index (χ3n) is 6.23. The van der Waals surface area contributed by atoms with Crippen LogP contribution in [0.1, 0.15) is 25.7 Å². The SMILES string of the molecule is Cn1cc(-c2cc(S(C)(=O)=O)cc3c2NC2(CCCC2)C(=O)N3)c2cc[nH]c2c1=O. The molecule has 3 aromatic rings. The first-order valence-corrected chi connectivity index (χ1v) is 11.7. The van der Waals surface area contributed by atoms with Crippen LogP contribution < -0.4 is 16.2 Å². The van der Waals surface area contributed by atoms with Gasteiger partial charge in [-0.25, -0.2) is 8.42 Å². The number of benzene rings is 1. The Balaban J connectivity index is 1.84. The van der Waals surface area contributed by atoms with E-state index in [1.54, 1.807) is 31.6 Å². The topological polar surface area (TPSA) is 113 Å². The third-order valence-corrected chi connectivity index (χ3v) is 7.32. The van der Waals surface area contributed by atoms with Gasteiger partial charge in [0, 0.05) is 42.2 Å². The molecule has 1 aromatic carbocycles. The van der Waals surface area contributed by atoms with Crippen molar-refractivity contribution in [3.63, 3.8) is 0 Å². The molecule has 156 valence electrons. The van der Waals surface area contributed by atoms with Crippen molar-refractivity contribution < 1.29 is 13.2 Å². The van der Waals surface area contributed by atoms with Gasteiger partial charge in [-0.2, -0.15) is 0 Å². The van der Waals surface area contributed by atoms with Crippen molar-refractivity contribution in [1.29, 1.82) is 0 Å². The molecule has 30 heavy (non-hydrogen) atoms. The van der Waals surface area contributed by atoms with Crippen LogP contribution in [0.25, 0.3) is 22.0 Å². The van der Waals surface area contributed by atoms with Crippen LogP contribution in [0.3, 0.4) is 0 Å². The van der Waals surface area contributed by atoms with E-state index in [-0.39, 0.29) is 16.4 Å². The van der Waals surface area contributed by atoms with Crippen LogP contribution in [0.5, 0.6) is 0 Å². The minimum atomic E-state index is -3.53. The Bertz CT molecular complexity index is 1380. The molecule has 0 saturated heterocycles. The average Bonchev–Trinajstić information content (AvgIpc) is 3.35. The van der Waals surface area contributed by atoms with Crippen molar-refractivity contribution in [2.24, 2.45) is 7.05 Å². The number of hydrogen-bond donors (Lipinski definition) is 3. The fourth-order valence-corrected chi connectivity index (χ4v) is 5.29. The molecule has 0 unspecified atom stereocenters. The first-order chi connectivity index (χ1) is 14.2. The van der Waals surface area contributed by atoms with Crippen LogP contribution in [-0.2, 0) is 21.7 Å². The Morgan fingerprint density at radius 2 is 1.83 bits per heavy atom. The number of carbonyl (C=O) groups is 1. The molecule has 1 fully saturated rings. The number of pyridine rings is 1. The van der Waals surface area contributed by atoms with Crippen LogP contribution in [0.15, 0.2) is 40.3 Å².